The Morgan fingerprint density at radius 3 is 2.64 bits per heavy atom. The molecule has 1 amide bonds. The highest BCUT2D eigenvalue weighted by Crippen LogP contribution is 2.36. The quantitative estimate of drug-likeness (QED) is 0.533. The van der Waals surface area contributed by atoms with Crippen molar-refractivity contribution in [3.05, 3.63) is 0 Å². The Hall–Kier alpha value is -1.30. The Balaban J connectivity index is 2.37. The predicted octanol–water partition coefficient (Wildman–Crippen LogP) is -0.445. The molecule has 2 unspecified atom stereocenters. The fourth-order valence-electron chi connectivity index (χ4n) is 2.44. The second-order valence-electron chi connectivity index (χ2n) is 3.81. The van der Waals surface area contributed by atoms with Crippen LogP contribution in [0.15, 0.2) is 0 Å². The molecule has 6 nitrogen and oxygen atoms in total. The van der Waals surface area contributed by atoms with Gasteiger partial charge in [0.05, 0.1) is 0 Å². The number of nitrogens with one attached hydrogen (secondary N) is 1. The molecule has 2 bridgehead atoms. The molecule has 0 aromatic carbocycles. The molecule has 0 spiro atoms. The average molecular weight is 200 g/mol. The summed E-state index contributed by atoms with van der Waals surface area (Å²) in [4.78, 5) is 23.2. The normalized spacial score (nSPS) is 35.7. The highest BCUT2D eigenvalue weighted by molar-refractivity contribution is 5.85. The molecule has 0 aromatic heterocycles. The van der Waals surface area contributed by atoms with Crippen LogP contribution >= 0.6 is 0 Å². The molecule has 2 atom stereocenters. The summed E-state index contributed by atoms with van der Waals surface area (Å²) in [6.45, 7) is 0.770. The second-order valence-corrected chi connectivity index (χ2v) is 3.81. The maximum atomic E-state index is 11.1. The SMILES string of the molecule is O=C(O)N1C2CCC1(C(=O)O)CNC2. The zero-order valence-corrected chi connectivity index (χ0v) is 7.56. The maximum Gasteiger partial charge on any atom is 0.408 e. The van der Waals surface area contributed by atoms with E-state index in [1.807, 2.05) is 0 Å². The first-order chi connectivity index (χ1) is 6.58. The molecular weight excluding hydrogens is 188 g/mol. The van der Waals surface area contributed by atoms with Crippen molar-refractivity contribution in [1.29, 1.82) is 0 Å². The largest absolute Gasteiger partial charge is 0.479 e. The Labute approximate surface area is 80.5 Å². The lowest BCUT2D eigenvalue weighted by atomic mass is 9.96. The average Bonchev–Trinajstić information content (AvgIpc) is 2.35. The van der Waals surface area contributed by atoms with Crippen LogP contribution in [0, 0.1) is 0 Å². The Morgan fingerprint density at radius 2 is 2.14 bits per heavy atom. The third-order valence-electron chi connectivity index (χ3n) is 3.12. The summed E-state index contributed by atoms with van der Waals surface area (Å²) in [5, 5.41) is 21.0. The van der Waals surface area contributed by atoms with Crippen molar-refractivity contribution >= 4 is 12.1 Å². The Kier molecular flexibility index (Phi) is 1.88. The summed E-state index contributed by atoms with van der Waals surface area (Å²) in [7, 11) is 0. The first-order valence-electron chi connectivity index (χ1n) is 4.54. The van der Waals surface area contributed by atoms with E-state index in [2.05, 4.69) is 5.32 Å². The topological polar surface area (TPSA) is 89.9 Å². The lowest BCUT2D eigenvalue weighted by Crippen LogP contribution is -2.65. The minimum Gasteiger partial charge on any atom is -0.479 e. The number of aliphatic carboxylic acids is 1. The number of piperazine rings is 1. The molecule has 2 rings (SSSR count). The van der Waals surface area contributed by atoms with Crippen LogP contribution in [0.25, 0.3) is 0 Å². The van der Waals surface area contributed by atoms with Crippen LogP contribution in [-0.4, -0.2) is 51.8 Å². The minimum absolute atomic E-state index is 0.183. The molecule has 2 aliphatic heterocycles. The van der Waals surface area contributed by atoms with Crippen molar-refractivity contribution in [3.63, 3.8) is 0 Å². The van der Waals surface area contributed by atoms with E-state index >= 15 is 0 Å². The van der Waals surface area contributed by atoms with Gasteiger partial charge in [0.15, 0.2) is 5.54 Å². The van der Waals surface area contributed by atoms with Gasteiger partial charge in [0, 0.05) is 19.1 Å². The number of amides is 1. The van der Waals surface area contributed by atoms with E-state index in [1.54, 1.807) is 0 Å². The van der Waals surface area contributed by atoms with Gasteiger partial charge in [0.2, 0.25) is 0 Å². The standard InChI is InChI=1S/C8H12N2O4/c11-6(12)8-2-1-5(3-9-4-8)10(8)7(13)14/h5,9H,1-4H2,(H,11,12)(H,13,14). The minimum atomic E-state index is -1.23. The molecule has 0 aliphatic carbocycles. The number of carboxylic acids is 1. The zero-order valence-electron chi connectivity index (χ0n) is 7.56. The highest BCUT2D eigenvalue weighted by atomic mass is 16.4. The number of nitrogens with zero attached hydrogens (tertiary/aromatic N) is 1. The second kappa shape index (κ2) is 2.84. The van der Waals surface area contributed by atoms with E-state index in [-0.39, 0.29) is 12.6 Å². The van der Waals surface area contributed by atoms with Gasteiger partial charge >= 0.3 is 12.1 Å². The van der Waals surface area contributed by atoms with Crippen LogP contribution in [0.2, 0.25) is 0 Å². The van der Waals surface area contributed by atoms with Crippen LogP contribution in [0.4, 0.5) is 4.79 Å². The molecule has 0 saturated carbocycles. The van der Waals surface area contributed by atoms with Gasteiger partial charge in [-0.3, -0.25) is 4.90 Å². The van der Waals surface area contributed by atoms with Gasteiger partial charge in [-0.15, -0.1) is 0 Å². The van der Waals surface area contributed by atoms with Crippen LogP contribution in [-0.2, 0) is 4.79 Å². The van der Waals surface area contributed by atoms with E-state index in [0.29, 0.717) is 19.4 Å². The van der Waals surface area contributed by atoms with Crippen LogP contribution < -0.4 is 5.32 Å². The number of hydrogen-bond donors (Lipinski definition) is 3. The molecule has 2 aliphatic rings. The first-order valence-corrected chi connectivity index (χ1v) is 4.54. The van der Waals surface area contributed by atoms with Gasteiger partial charge in [-0.25, -0.2) is 9.59 Å². The van der Waals surface area contributed by atoms with Crippen molar-refractivity contribution in [3.8, 4) is 0 Å². The fraction of sp³-hybridized carbons (Fsp3) is 0.750. The maximum absolute atomic E-state index is 11.1. The molecule has 0 radical (unpaired) electrons. The summed E-state index contributed by atoms with van der Waals surface area (Å²) >= 11 is 0. The van der Waals surface area contributed by atoms with E-state index in [4.69, 9.17) is 10.2 Å². The van der Waals surface area contributed by atoms with E-state index in [1.165, 1.54) is 0 Å². The zero-order chi connectivity index (χ0) is 10.3. The van der Waals surface area contributed by atoms with Crippen molar-refractivity contribution in [1.82, 2.24) is 10.2 Å². The van der Waals surface area contributed by atoms with Gasteiger partial charge in [-0.1, -0.05) is 0 Å². The smallest absolute Gasteiger partial charge is 0.408 e. The Morgan fingerprint density at radius 1 is 1.43 bits per heavy atom. The van der Waals surface area contributed by atoms with Gasteiger partial charge < -0.3 is 15.5 Å². The third kappa shape index (κ3) is 1.00. The summed E-state index contributed by atoms with van der Waals surface area (Å²) < 4.78 is 0. The molecule has 78 valence electrons. The third-order valence-corrected chi connectivity index (χ3v) is 3.12. The summed E-state index contributed by atoms with van der Waals surface area (Å²) in [6.07, 6.45) is -0.0888. The van der Waals surface area contributed by atoms with Crippen molar-refractivity contribution in [2.45, 2.75) is 24.4 Å². The van der Waals surface area contributed by atoms with Crippen molar-refractivity contribution in [2.24, 2.45) is 0 Å². The molecule has 2 heterocycles. The molecule has 0 aromatic rings. The summed E-state index contributed by atoms with van der Waals surface area (Å²) in [6, 6.07) is -0.183. The first kappa shape index (κ1) is 9.26. The van der Waals surface area contributed by atoms with Crippen molar-refractivity contribution in [2.75, 3.05) is 13.1 Å². The lowest BCUT2D eigenvalue weighted by Gasteiger charge is -2.40. The predicted molar refractivity (Wildman–Crippen MR) is 46.1 cm³/mol. The van der Waals surface area contributed by atoms with Gasteiger partial charge in [0.1, 0.15) is 0 Å². The van der Waals surface area contributed by atoms with Crippen LogP contribution in [0.3, 0.4) is 0 Å². The van der Waals surface area contributed by atoms with E-state index < -0.39 is 17.6 Å². The fourth-order valence-corrected chi connectivity index (χ4v) is 2.44. The molecule has 3 N–H and O–H groups in total. The number of rotatable bonds is 1. The van der Waals surface area contributed by atoms with Crippen LogP contribution in [0.1, 0.15) is 12.8 Å². The highest BCUT2D eigenvalue weighted by Gasteiger charge is 2.56. The molecule has 2 saturated heterocycles. The molecule has 6 heteroatoms. The molecule has 14 heavy (non-hydrogen) atoms. The lowest BCUT2D eigenvalue weighted by molar-refractivity contribution is -0.150. The number of fused-ring (bicyclic) bond motifs is 2. The number of carbonyl (C=O) groups is 2. The Bertz CT molecular complexity index is 289. The summed E-state index contributed by atoms with van der Waals surface area (Å²) in [5.74, 6) is -1.05. The van der Waals surface area contributed by atoms with Gasteiger partial charge in [-0.2, -0.15) is 0 Å². The number of hydrogen-bond acceptors (Lipinski definition) is 3. The van der Waals surface area contributed by atoms with Crippen molar-refractivity contribution < 1.29 is 19.8 Å². The monoisotopic (exact) mass is 200 g/mol. The van der Waals surface area contributed by atoms with E-state index in [9.17, 15) is 9.59 Å². The van der Waals surface area contributed by atoms with Crippen LogP contribution in [0.5, 0.6) is 0 Å². The van der Waals surface area contributed by atoms with E-state index in [0.717, 1.165) is 4.90 Å². The summed E-state index contributed by atoms with van der Waals surface area (Å²) in [5.41, 5.74) is -1.23. The van der Waals surface area contributed by atoms with Gasteiger partial charge in [-0.05, 0) is 12.8 Å². The molecule has 2 fully saturated rings. The van der Waals surface area contributed by atoms with Gasteiger partial charge in [0.25, 0.3) is 0 Å². The molecular formula is C8H12N2O4. The number of carboxylic acid groups (broad SMARTS) is 2.